The second kappa shape index (κ2) is 5.10. The minimum absolute atomic E-state index is 0.660. The van der Waals surface area contributed by atoms with Crippen molar-refractivity contribution in [2.24, 2.45) is 5.92 Å². The van der Waals surface area contributed by atoms with E-state index < -0.39 is 0 Å². The van der Waals surface area contributed by atoms with Crippen molar-refractivity contribution in [3.8, 4) is 6.07 Å². The highest BCUT2D eigenvalue weighted by molar-refractivity contribution is 5.64. The van der Waals surface area contributed by atoms with Gasteiger partial charge in [0.05, 0.1) is 11.3 Å². The molecule has 1 saturated heterocycles. The van der Waals surface area contributed by atoms with Gasteiger partial charge in [-0.3, -0.25) is 4.90 Å². The molecule has 19 heavy (non-hydrogen) atoms. The minimum atomic E-state index is 0.660. The minimum Gasteiger partial charge on any atom is -0.399 e. The van der Waals surface area contributed by atoms with Gasteiger partial charge in [0.1, 0.15) is 6.07 Å². The van der Waals surface area contributed by atoms with E-state index in [1.807, 2.05) is 12.1 Å². The first-order valence-corrected chi connectivity index (χ1v) is 7.03. The van der Waals surface area contributed by atoms with E-state index in [1.54, 1.807) is 6.07 Å². The Morgan fingerprint density at radius 1 is 1.21 bits per heavy atom. The SMILES string of the molecule is N#Cc1cc(N)ccc1N1CCN(CC2CC2)CC1. The van der Waals surface area contributed by atoms with Crippen molar-refractivity contribution in [2.75, 3.05) is 43.4 Å². The molecule has 3 rings (SSSR count). The fraction of sp³-hybridized carbons (Fsp3) is 0.533. The summed E-state index contributed by atoms with van der Waals surface area (Å²) in [5.74, 6) is 0.956. The van der Waals surface area contributed by atoms with Crippen LogP contribution in [0.25, 0.3) is 0 Å². The molecular weight excluding hydrogens is 236 g/mol. The maximum Gasteiger partial charge on any atom is 0.101 e. The summed E-state index contributed by atoms with van der Waals surface area (Å²) in [7, 11) is 0. The zero-order valence-electron chi connectivity index (χ0n) is 11.2. The maximum absolute atomic E-state index is 9.21. The Kier molecular flexibility index (Phi) is 3.31. The molecular formula is C15H20N4. The largest absolute Gasteiger partial charge is 0.399 e. The van der Waals surface area contributed by atoms with Crippen LogP contribution in [0.4, 0.5) is 11.4 Å². The summed E-state index contributed by atoms with van der Waals surface area (Å²) in [5, 5.41) is 9.21. The zero-order valence-corrected chi connectivity index (χ0v) is 11.2. The molecule has 1 aliphatic heterocycles. The molecule has 0 aromatic heterocycles. The van der Waals surface area contributed by atoms with E-state index in [1.165, 1.54) is 19.4 Å². The second-order valence-corrected chi connectivity index (χ2v) is 5.62. The monoisotopic (exact) mass is 256 g/mol. The Bertz CT molecular complexity index is 493. The quantitative estimate of drug-likeness (QED) is 0.836. The van der Waals surface area contributed by atoms with Crippen molar-refractivity contribution in [3.05, 3.63) is 23.8 Å². The predicted molar refractivity (Wildman–Crippen MR) is 76.9 cm³/mol. The summed E-state index contributed by atoms with van der Waals surface area (Å²) in [6.45, 7) is 5.48. The summed E-state index contributed by atoms with van der Waals surface area (Å²) in [4.78, 5) is 4.86. The van der Waals surface area contributed by atoms with Gasteiger partial charge in [-0.1, -0.05) is 0 Å². The number of nitrogens with zero attached hydrogens (tertiary/aromatic N) is 3. The molecule has 2 fully saturated rings. The van der Waals surface area contributed by atoms with Gasteiger partial charge in [-0.25, -0.2) is 0 Å². The van der Waals surface area contributed by atoms with Crippen molar-refractivity contribution >= 4 is 11.4 Å². The summed E-state index contributed by atoms with van der Waals surface area (Å²) < 4.78 is 0. The molecule has 0 bridgehead atoms. The number of nitrogen functional groups attached to an aromatic ring is 1. The van der Waals surface area contributed by atoms with E-state index in [2.05, 4.69) is 15.9 Å². The fourth-order valence-corrected chi connectivity index (χ4v) is 2.76. The molecule has 1 aromatic carbocycles. The second-order valence-electron chi connectivity index (χ2n) is 5.62. The molecule has 4 heteroatoms. The van der Waals surface area contributed by atoms with Gasteiger partial charge in [0.2, 0.25) is 0 Å². The molecule has 1 aromatic rings. The number of piperazine rings is 1. The van der Waals surface area contributed by atoms with Crippen LogP contribution in [-0.2, 0) is 0 Å². The third-order valence-corrected chi connectivity index (χ3v) is 4.07. The van der Waals surface area contributed by atoms with Crippen LogP contribution in [0.5, 0.6) is 0 Å². The topological polar surface area (TPSA) is 56.3 Å². The summed E-state index contributed by atoms with van der Waals surface area (Å²) in [6.07, 6.45) is 2.83. The van der Waals surface area contributed by atoms with Gasteiger partial charge in [-0.15, -0.1) is 0 Å². The van der Waals surface area contributed by atoms with Crippen LogP contribution in [0.2, 0.25) is 0 Å². The van der Waals surface area contributed by atoms with Crippen LogP contribution in [0.3, 0.4) is 0 Å². The Morgan fingerprint density at radius 2 is 1.95 bits per heavy atom. The highest BCUT2D eigenvalue weighted by Gasteiger charge is 2.26. The molecule has 0 amide bonds. The third kappa shape index (κ3) is 2.82. The lowest BCUT2D eigenvalue weighted by Crippen LogP contribution is -2.47. The van der Waals surface area contributed by atoms with Crippen LogP contribution >= 0.6 is 0 Å². The van der Waals surface area contributed by atoms with E-state index in [-0.39, 0.29) is 0 Å². The maximum atomic E-state index is 9.21. The fourth-order valence-electron chi connectivity index (χ4n) is 2.76. The zero-order chi connectivity index (χ0) is 13.2. The number of hydrogen-bond donors (Lipinski definition) is 1. The van der Waals surface area contributed by atoms with Crippen LogP contribution in [0.1, 0.15) is 18.4 Å². The first-order chi connectivity index (χ1) is 9.26. The van der Waals surface area contributed by atoms with Crippen LogP contribution < -0.4 is 10.6 Å². The number of benzene rings is 1. The Morgan fingerprint density at radius 3 is 2.58 bits per heavy atom. The summed E-state index contributed by atoms with van der Waals surface area (Å²) in [6, 6.07) is 7.88. The normalized spacial score (nSPS) is 20.3. The molecule has 1 aliphatic carbocycles. The van der Waals surface area contributed by atoms with E-state index in [9.17, 15) is 5.26 Å². The Hall–Kier alpha value is -1.73. The molecule has 0 spiro atoms. The average molecular weight is 256 g/mol. The van der Waals surface area contributed by atoms with Gasteiger partial charge >= 0.3 is 0 Å². The first kappa shape index (κ1) is 12.3. The third-order valence-electron chi connectivity index (χ3n) is 4.07. The molecule has 0 radical (unpaired) electrons. The van der Waals surface area contributed by atoms with Gasteiger partial charge in [0, 0.05) is 38.4 Å². The lowest BCUT2D eigenvalue weighted by atomic mass is 10.1. The predicted octanol–water partition coefficient (Wildman–Crippen LogP) is 1.67. The van der Waals surface area contributed by atoms with Crippen LogP contribution in [0.15, 0.2) is 18.2 Å². The van der Waals surface area contributed by atoms with Gasteiger partial charge in [0.15, 0.2) is 0 Å². The first-order valence-electron chi connectivity index (χ1n) is 7.03. The average Bonchev–Trinajstić information content (AvgIpc) is 3.24. The number of nitrogens with two attached hydrogens (primary N) is 1. The molecule has 1 heterocycles. The highest BCUT2D eigenvalue weighted by Crippen LogP contribution is 2.30. The van der Waals surface area contributed by atoms with E-state index in [4.69, 9.17) is 5.73 Å². The van der Waals surface area contributed by atoms with Crippen molar-refractivity contribution in [1.82, 2.24) is 4.90 Å². The number of anilines is 2. The van der Waals surface area contributed by atoms with E-state index in [0.29, 0.717) is 11.3 Å². The van der Waals surface area contributed by atoms with E-state index in [0.717, 1.165) is 37.8 Å². The summed E-state index contributed by atoms with van der Waals surface area (Å²) in [5.41, 5.74) is 8.12. The molecule has 1 saturated carbocycles. The van der Waals surface area contributed by atoms with Crippen molar-refractivity contribution in [2.45, 2.75) is 12.8 Å². The van der Waals surface area contributed by atoms with Gasteiger partial charge in [-0.2, -0.15) is 5.26 Å². The standard InChI is InChI=1S/C15H20N4/c16-10-13-9-14(17)3-4-15(13)19-7-5-18(6-8-19)11-12-1-2-12/h3-4,9,12H,1-2,5-8,11,17H2. The molecule has 0 unspecified atom stereocenters. The highest BCUT2D eigenvalue weighted by atomic mass is 15.3. The molecule has 100 valence electrons. The number of nitriles is 1. The van der Waals surface area contributed by atoms with E-state index >= 15 is 0 Å². The lowest BCUT2D eigenvalue weighted by Gasteiger charge is -2.36. The van der Waals surface area contributed by atoms with Crippen LogP contribution in [0, 0.1) is 17.2 Å². The Labute approximate surface area is 114 Å². The van der Waals surface area contributed by atoms with Crippen molar-refractivity contribution in [1.29, 1.82) is 5.26 Å². The lowest BCUT2D eigenvalue weighted by molar-refractivity contribution is 0.248. The van der Waals surface area contributed by atoms with Crippen LogP contribution in [-0.4, -0.2) is 37.6 Å². The van der Waals surface area contributed by atoms with Gasteiger partial charge < -0.3 is 10.6 Å². The number of rotatable bonds is 3. The number of hydrogen-bond acceptors (Lipinski definition) is 4. The molecule has 0 atom stereocenters. The van der Waals surface area contributed by atoms with Crippen molar-refractivity contribution < 1.29 is 0 Å². The van der Waals surface area contributed by atoms with Gasteiger partial charge in [0.25, 0.3) is 0 Å². The molecule has 2 N–H and O–H groups in total. The molecule has 4 nitrogen and oxygen atoms in total. The summed E-state index contributed by atoms with van der Waals surface area (Å²) >= 11 is 0. The smallest absolute Gasteiger partial charge is 0.101 e. The molecule has 2 aliphatic rings. The van der Waals surface area contributed by atoms with Crippen molar-refractivity contribution in [3.63, 3.8) is 0 Å². The van der Waals surface area contributed by atoms with Gasteiger partial charge in [-0.05, 0) is 37.0 Å². The Balaban J connectivity index is 1.65.